The number of nitrogens with one attached hydrogen (secondary N) is 1. The van der Waals surface area contributed by atoms with Crippen LogP contribution in [0.25, 0.3) is 0 Å². The second-order valence-electron chi connectivity index (χ2n) is 5.38. The van der Waals surface area contributed by atoms with Gasteiger partial charge < -0.3 is 16.3 Å². The largest absolute Gasteiger partial charge is 0.409 e. The van der Waals surface area contributed by atoms with Crippen LogP contribution in [0.1, 0.15) is 36.8 Å². The van der Waals surface area contributed by atoms with Gasteiger partial charge in [0.15, 0.2) is 5.84 Å². The van der Waals surface area contributed by atoms with Gasteiger partial charge in [0.25, 0.3) is 0 Å². The summed E-state index contributed by atoms with van der Waals surface area (Å²) in [5, 5.41) is 15.2. The van der Waals surface area contributed by atoms with E-state index >= 15 is 0 Å². The Labute approximate surface area is 124 Å². The van der Waals surface area contributed by atoms with E-state index in [1.807, 2.05) is 36.0 Å². The van der Waals surface area contributed by atoms with Crippen molar-refractivity contribution >= 4 is 17.6 Å². The number of benzene rings is 1. The average molecular weight is 293 g/mol. The SMILES string of the molecule is CSC1(CNCc2ccc(/C(N)=N/O)cc2)CCCC1. The van der Waals surface area contributed by atoms with E-state index in [4.69, 9.17) is 10.9 Å². The van der Waals surface area contributed by atoms with Gasteiger partial charge in [-0.05, 0) is 24.7 Å². The van der Waals surface area contributed by atoms with Crippen LogP contribution in [0.4, 0.5) is 0 Å². The van der Waals surface area contributed by atoms with Crippen molar-refractivity contribution in [2.45, 2.75) is 37.0 Å². The van der Waals surface area contributed by atoms with Gasteiger partial charge in [-0.2, -0.15) is 11.8 Å². The third-order valence-corrected chi connectivity index (χ3v) is 5.50. The van der Waals surface area contributed by atoms with Crippen LogP contribution in [0.5, 0.6) is 0 Å². The number of nitrogens with two attached hydrogens (primary N) is 1. The minimum absolute atomic E-state index is 0.150. The van der Waals surface area contributed by atoms with Gasteiger partial charge in [0.1, 0.15) is 0 Å². The molecule has 0 aliphatic heterocycles. The van der Waals surface area contributed by atoms with Crippen molar-refractivity contribution in [3.05, 3.63) is 35.4 Å². The van der Waals surface area contributed by atoms with Gasteiger partial charge in [-0.15, -0.1) is 0 Å². The number of hydrogen-bond acceptors (Lipinski definition) is 4. The normalized spacial score (nSPS) is 18.4. The monoisotopic (exact) mass is 293 g/mol. The van der Waals surface area contributed by atoms with Crippen LogP contribution >= 0.6 is 11.8 Å². The van der Waals surface area contributed by atoms with Gasteiger partial charge in [0, 0.05) is 23.4 Å². The first kappa shape index (κ1) is 15.2. The number of oxime groups is 1. The lowest BCUT2D eigenvalue weighted by molar-refractivity contribution is 0.318. The molecule has 5 heteroatoms. The summed E-state index contributed by atoms with van der Waals surface area (Å²) in [5.41, 5.74) is 7.50. The minimum Gasteiger partial charge on any atom is -0.409 e. The lowest BCUT2D eigenvalue weighted by Gasteiger charge is -2.27. The Morgan fingerprint density at radius 3 is 2.55 bits per heavy atom. The summed E-state index contributed by atoms with van der Waals surface area (Å²) in [6.45, 7) is 1.93. The van der Waals surface area contributed by atoms with Gasteiger partial charge in [-0.1, -0.05) is 42.3 Å². The molecule has 1 saturated carbocycles. The lowest BCUT2D eigenvalue weighted by Crippen LogP contribution is -2.34. The average Bonchev–Trinajstić information content (AvgIpc) is 2.96. The molecule has 0 saturated heterocycles. The maximum absolute atomic E-state index is 8.62. The molecule has 0 unspecified atom stereocenters. The van der Waals surface area contributed by atoms with Gasteiger partial charge >= 0.3 is 0 Å². The van der Waals surface area contributed by atoms with Crippen LogP contribution in [-0.4, -0.2) is 28.6 Å². The molecule has 1 aromatic rings. The third-order valence-electron chi connectivity index (χ3n) is 4.08. The zero-order valence-corrected chi connectivity index (χ0v) is 12.7. The summed E-state index contributed by atoms with van der Waals surface area (Å²) >= 11 is 2.00. The van der Waals surface area contributed by atoms with Crippen molar-refractivity contribution < 1.29 is 5.21 Å². The molecule has 0 spiro atoms. The van der Waals surface area contributed by atoms with Gasteiger partial charge in [0.2, 0.25) is 0 Å². The summed E-state index contributed by atoms with van der Waals surface area (Å²) in [6, 6.07) is 7.79. The molecule has 110 valence electrons. The van der Waals surface area contributed by atoms with E-state index in [1.165, 1.54) is 31.2 Å². The Hall–Kier alpha value is -1.20. The first-order chi connectivity index (χ1) is 9.69. The van der Waals surface area contributed by atoms with Crippen LogP contribution in [0, 0.1) is 0 Å². The maximum Gasteiger partial charge on any atom is 0.170 e. The van der Waals surface area contributed by atoms with Crippen molar-refractivity contribution in [1.82, 2.24) is 5.32 Å². The van der Waals surface area contributed by atoms with Gasteiger partial charge in [-0.25, -0.2) is 0 Å². The fourth-order valence-corrected chi connectivity index (χ4v) is 3.70. The lowest BCUT2D eigenvalue weighted by atomic mass is 10.1. The van der Waals surface area contributed by atoms with Crippen LogP contribution in [0.3, 0.4) is 0 Å². The molecular formula is C15H23N3OS. The molecule has 1 aliphatic rings. The highest BCUT2D eigenvalue weighted by molar-refractivity contribution is 8.00. The molecular weight excluding hydrogens is 270 g/mol. The number of nitrogens with zero attached hydrogens (tertiary/aromatic N) is 1. The first-order valence-electron chi connectivity index (χ1n) is 7.02. The molecule has 0 aromatic heterocycles. The topological polar surface area (TPSA) is 70.6 Å². The molecule has 1 aromatic carbocycles. The van der Waals surface area contributed by atoms with Crippen LogP contribution in [0.2, 0.25) is 0 Å². The predicted octanol–water partition coefficient (Wildman–Crippen LogP) is 2.55. The Morgan fingerprint density at radius 1 is 1.35 bits per heavy atom. The van der Waals surface area contributed by atoms with Gasteiger partial charge in [-0.3, -0.25) is 0 Å². The Balaban J connectivity index is 1.85. The van der Waals surface area contributed by atoms with E-state index in [0.29, 0.717) is 4.75 Å². The van der Waals surface area contributed by atoms with E-state index in [1.54, 1.807) is 0 Å². The molecule has 0 amide bonds. The summed E-state index contributed by atoms with van der Waals surface area (Å²) in [6.07, 6.45) is 7.58. The van der Waals surface area contributed by atoms with E-state index in [9.17, 15) is 0 Å². The van der Waals surface area contributed by atoms with Crippen LogP contribution in [-0.2, 0) is 6.54 Å². The summed E-state index contributed by atoms with van der Waals surface area (Å²) in [5.74, 6) is 0.150. The fourth-order valence-electron chi connectivity index (χ4n) is 2.76. The highest BCUT2D eigenvalue weighted by Crippen LogP contribution is 2.39. The van der Waals surface area contributed by atoms with E-state index < -0.39 is 0 Å². The van der Waals surface area contributed by atoms with E-state index in [2.05, 4.69) is 16.7 Å². The molecule has 1 fully saturated rings. The highest BCUT2D eigenvalue weighted by atomic mass is 32.2. The first-order valence-corrected chi connectivity index (χ1v) is 8.24. The van der Waals surface area contributed by atoms with Crippen LogP contribution < -0.4 is 11.1 Å². The fraction of sp³-hybridized carbons (Fsp3) is 0.533. The predicted molar refractivity (Wildman–Crippen MR) is 85.4 cm³/mol. The second kappa shape index (κ2) is 6.99. The second-order valence-corrected chi connectivity index (χ2v) is 6.65. The zero-order valence-electron chi connectivity index (χ0n) is 11.9. The molecule has 4 nitrogen and oxygen atoms in total. The zero-order chi connectivity index (χ0) is 14.4. The Kier molecular flexibility index (Phi) is 5.31. The van der Waals surface area contributed by atoms with E-state index in [-0.39, 0.29) is 5.84 Å². The molecule has 0 bridgehead atoms. The molecule has 4 N–H and O–H groups in total. The molecule has 2 rings (SSSR count). The molecule has 0 atom stereocenters. The Bertz CT molecular complexity index is 453. The van der Waals surface area contributed by atoms with Gasteiger partial charge in [0.05, 0.1) is 0 Å². The highest BCUT2D eigenvalue weighted by Gasteiger charge is 2.32. The van der Waals surface area contributed by atoms with Crippen molar-refractivity contribution in [3.63, 3.8) is 0 Å². The van der Waals surface area contributed by atoms with Crippen molar-refractivity contribution in [2.75, 3.05) is 12.8 Å². The standard InChI is InChI=1S/C15H23N3OS/c1-20-15(8-2-3-9-15)11-17-10-12-4-6-13(7-5-12)14(16)18-19/h4-7,17,19H,2-3,8-11H2,1H3,(H2,16,18). The number of rotatable bonds is 6. The summed E-state index contributed by atoms with van der Waals surface area (Å²) in [7, 11) is 0. The molecule has 20 heavy (non-hydrogen) atoms. The number of hydrogen-bond donors (Lipinski definition) is 3. The van der Waals surface area contributed by atoms with Crippen LogP contribution in [0.15, 0.2) is 29.4 Å². The van der Waals surface area contributed by atoms with Crippen molar-refractivity contribution in [2.24, 2.45) is 10.9 Å². The summed E-state index contributed by atoms with van der Waals surface area (Å²) < 4.78 is 0.438. The smallest absolute Gasteiger partial charge is 0.170 e. The molecule has 0 heterocycles. The summed E-state index contributed by atoms with van der Waals surface area (Å²) in [4.78, 5) is 0. The molecule has 0 radical (unpaired) electrons. The maximum atomic E-state index is 8.62. The number of thioether (sulfide) groups is 1. The minimum atomic E-state index is 0.150. The third kappa shape index (κ3) is 3.67. The number of amidine groups is 1. The van der Waals surface area contributed by atoms with Crippen molar-refractivity contribution in [3.8, 4) is 0 Å². The quantitative estimate of drug-likeness (QED) is 0.326. The van der Waals surface area contributed by atoms with E-state index in [0.717, 1.165) is 18.7 Å². The Morgan fingerprint density at radius 2 is 2.00 bits per heavy atom. The molecule has 1 aliphatic carbocycles. The van der Waals surface area contributed by atoms with Crippen molar-refractivity contribution in [1.29, 1.82) is 0 Å².